The third-order valence-electron chi connectivity index (χ3n) is 9.24. The van der Waals surface area contributed by atoms with E-state index in [4.69, 9.17) is 26.8 Å². The SMILES string of the molecule is CC1CC2CC(C)C(OC3OC(=P)CC3NC(=O)C3CCCN3C(=O)C(C)NC(=O)c3ccc(N)c(Cl)c3)C(C1)C2. The first kappa shape index (κ1) is 30.3. The Hall–Kier alpha value is -2.19. The van der Waals surface area contributed by atoms with Crippen LogP contribution in [0.2, 0.25) is 5.02 Å². The predicted molar refractivity (Wildman–Crippen MR) is 161 cm³/mol. The van der Waals surface area contributed by atoms with Crippen molar-refractivity contribution < 1.29 is 23.9 Å². The number of anilines is 1. The van der Waals surface area contributed by atoms with Crippen LogP contribution in [0.3, 0.4) is 0 Å². The van der Waals surface area contributed by atoms with Crippen LogP contribution in [0.5, 0.6) is 0 Å². The summed E-state index contributed by atoms with van der Waals surface area (Å²) in [5.74, 6) is 1.45. The van der Waals surface area contributed by atoms with E-state index in [0.29, 0.717) is 60.3 Å². The second kappa shape index (κ2) is 12.6. The van der Waals surface area contributed by atoms with Crippen LogP contribution in [-0.2, 0) is 19.1 Å². The highest BCUT2D eigenvalue weighted by molar-refractivity contribution is 7.20. The molecule has 4 aliphatic rings. The van der Waals surface area contributed by atoms with E-state index in [-0.39, 0.29) is 29.0 Å². The number of ether oxygens (including phenoxy) is 2. The molecule has 9 unspecified atom stereocenters. The van der Waals surface area contributed by atoms with Crippen molar-refractivity contribution in [3.63, 3.8) is 0 Å². The molecule has 9 nitrogen and oxygen atoms in total. The van der Waals surface area contributed by atoms with Gasteiger partial charge in [0.25, 0.3) is 5.91 Å². The number of amides is 3. The Balaban J connectivity index is 1.19. The molecule has 2 saturated carbocycles. The molecule has 4 fully saturated rings. The molecule has 9 atom stereocenters. The van der Waals surface area contributed by atoms with E-state index in [1.54, 1.807) is 24.0 Å². The van der Waals surface area contributed by atoms with Gasteiger partial charge >= 0.3 is 0 Å². The number of benzene rings is 1. The van der Waals surface area contributed by atoms with E-state index in [0.717, 1.165) is 5.92 Å². The fourth-order valence-corrected chi connectivity index (χ4v) is 7.95. The molecule has 0 aromatic heterocycles. The molecule has 2 aliphatic heterocycles. The molecule has 41 heavy (non-hydrogen) atoms. The quantitative estimate of drug-likeness (QED) is 0.319. The summed E-state index contributed by atoms with van der Waals surface area (Å²) in [7, 11) is 3.54. The number of carbonyl (C=O) groups excluding carboxylic acids is 3. The molecule has 2 heterocycles. The number of nitrogens with two attached hydrogens (primary N) is 1. The van der Waals surface area contributed by atoms with Gasteiger partial charge in [-0.2, -0.15) is 0 Å². The second-order valence-electron chi connectivity index (χ2n) is 12.6. The van der Waals surface area contributed by atoms with Crippen molar-refractivity contribution >= 4 is 49.4 Å². The molecule has 1 aromatic carbocycles. The number of likely N-dealkylation sites (tertiary alicyclic amines) is 1. The van der Waals surface area contributed by atoms with Crippen molar-refractivity contribution in [3.05, 3.63) is 28.8 Å². The van der Waals surface area contributed by atoms with E-state index >= 15 is 0 Å². The zero-order valence-electron chi connectivity index (χ0n) is 24.0. The van der Waals surface area contributed by atoms with E-state index in [1.807, 2.05) is 0 Å². The zero-order valence-corrected chi connectivity index (χ0v) is 25.8. The molecular formula is C30H42ClN4O5P. The number of halogens is 1. The third-order valence-corrected chi connectivity index (χ3v) is 9.89. The maximum Gasteiger partial charge on any atom is 0.251 e. The molecule has 2 saturated heterocycles. The fraction of sp³-hybridized carbons (Fsp3) is 0.667. The van der Waals surface area contributed by atoms with Gasteiger partial charge in [0, 0.05) is 18.5 Å². The first-order valence-electron chi connectivity index (χ1n) is 14.9. The molecule has 0 radical (unpaired) electrons. The molecule has 5 rings (SSSR count). The summed E-state index contributed by atoms with van der Waals surface area (Å²) in [5, 5.41) is 6.12. The Morgan fingerprint density at radius 2 is 1.98 bits per heavy atom. The summed E-state index contributed by atoms with van der Waals surface area (Å²) >= 11 is 6.05. The zero-order chi connectivity index (χ0) is 29.4. The van der Waals surface area contributed by atoms with Gasteiger partial charge in [-0.25, -0.2) is 0 Å². The van der Waals surface area contributed by atoms with Gasteiger partial charge in [0.1, 0.15) is 12.1 Å². The van der Waals surface area contributed by atoms with Crippen molar-refractivity contribution in [2.24, 2.45) is 23.7 Å². The van der Waals surface area contributed by atoms with Crippen molar-refractivity contribution in [3.8, 4) is 0 Å². The maximum absolute atomic E-state index is 13.5. The van der Waals surface area contributed by atoms with Crippen molar-refractivity contribution in [2.45, 2.75) is 96.2 Å². The summed E-state index contributed by atoms with van der Waals surface area (Å²) < 4.78 is 12.6. The van der Waals surface area contributed by atoms with Gasteiger partial charge in [-0.1, -0.05) is 34.3 Å². The van der Waals surface area contributed by atoms with Gasteiger partial charge in [0.2, 0.25) is 11.8 Å². The van der Waals surface area contributed by atoms with E-state index < -0.39 is 24.3 Å². The Morgan fingerprint density at radius 3 is 2.73 bits per heavy atom. The molecule has 11 heteroatoms. The Labute approximate surface area is 249 Å². The molecule has 1 aromatic rings. The monoisotopic (exact) mass is 604 g/mol. The number of hydrogen-bond donors (Lipinski definition) is 3. The highest BCUT2D eigenvalue weighted by Gasteiger charge is 2.45. The van der Waals surface area contributed by atoms with Crippen LogP contribution < -0.4 is 16.4 Å². The van der Waals surface area contributed by atoms with Crippen LogP contribution in [0.1, 0.15) is 76.1 Å². The van der Waals surface area contributed by atoms with Crippen LogP contribution in [0, 0.1) is 23.7 Å². The molecule has 4 N–H and O–H groups in total. The van der Waals surface area contributed by atoms with Crippen molar-refractivity contribution in [2.75, 3.05) is 12.3 Å². The molecule has 2 bridgehead atoms. The standard InChI is InChI=1S/C30H42ClN4O5P/c1-15-9-18-11-16(2)26(20(10-15)12-18)40-30-23(14-25(41)39-30)34-28(37)24-5-4-8-35(24)29(38)17(3)33-27(36)19-6-7-22(32)21(31)13-19/h6-7,13,15-18,20,23-24,26,30,41H,4-5,8-12,14,32H2,1-3H3,(H,33,36)(H,34,37). The summed E-state index contributed by atoms with van der Waals surface area (Å²) in [6, 6.07) is 2.76. The molecule has 3 amide bonds. The average Bonchev–Trinajstić information content (AvgIpc) is 3.53. The second-order valence-corrected chi connectivity index (χ2v) is 13.6. The minimum atomic E-state index is -0.824. The maximum atomic E-state index is 13.5. The summed E-state index contributed by atoms with van der Waals surface area (Å²) in [5.41, 5.74) is 7.06. The number of nitrogens with one attached hydrogen (secondary N) is 2. The predicted octanol–water partition coefficient (Wildman–Crippen LogP) is 4.01. The largest absolute Gasteiger partial charge is 0.398 e. The average molecular weight is 605 g/mol. The summed E-state index contributed by atoms with van der Waals surface area (Å²) in [6.07, 6.45) is 6.11. The number of nitrogen functional groups attached to an aromatic ring is 1. The van der Waals surface area contributed by atoms with Crippen LogP contribution in [0.15, 0.2) is 18.2 Å². The van der Waals surface area contributed by atoms with E-state index in [9.17, 15) is 14.4 Å². The number of rotatable bonds is 7. The summed E-state index contributed by atoms with van der Waals surface area (Å²) in [4.78, 5) is 41.2. The van der Waals surface area contributed by atoms with Crippen LogP contribution in [0.4, 0.5) is 5.69 Å². The van der Waals surface area contributed by atoms with Crippen molar-refractivity contribution in [1.82, 2.24) is 15.5 Å². The number of nitrogens with zero attached hydrogens (tertiary/aromatic N) is 1. The number of fused-ring (bicyclic) bond motifs is 2. The lowest BCUT2D eigenvalue weighted by molar-refractivity contribution is -0.180. The highest BCUT2D eigenvalue weighted by Crippen LogP contribution is 2.46. The Bertz CT molecular complexity index is 1200. The Morgan fingerprint density at radius 1 is 1.20 bits per heavy atom. The lowest BCUT2D eigenvalue weighted by Gasteiger charge is -2.46. The smallest absolute Gasteiger partial charge is 0.251 e. The fourth-order valence-electron chi connectivity index (χ4n) is 7.44. The minimum Gasteiger partial charge on any atom is -0.398 e. The van der Waals surface area contributed by atoms with Crippen molar-refractivity contribution in [1.29, 1.82) is 0 Å². The lowest BCUT2D eigenvalue weighted by Crippen LogP contribution is -2.55. The molecular weight excluding hydrogens is 563 g/mol. The van der Waals surface area contributed by atoms with Gasteiger partial charge in [-0.15, -0.1) is 0 Å². The molecule has 0 spiro atoms. The van der Waals surface area contributed by atoms with Gasteiger partial charge in [0.05, 0.1) is 28.3 Å². The molecule has 2 aliphatic carbocycles. The Kier molecular flexibility index (Phi) is 9.29. The van der Waals surface area contributed by atoms with Crippen LogP contribution in [0.25, 0.3) is 0 Å². The van der Waals surface area contributed by atoms with Gasteiger partial charge in [-0.3, -0.25) is 14.4 Å². The van der Waals surface area contributed by atoms with Gasteiger partial charge in [-0.05, 0) is 87.3 Å². The number of hydrogen-bond acceptors (Lipinski definition) is 6. The first-order valence-corrected chi connectivity index (χ1v) is 15.7. The summed E-state index contributed by atoms with van der Waals surface area (Å²) in [6.45, 7) is 6.67. The topological polar surface area (TPSA) is 123 Å². The van der Waals surface area contributed by atoms with E-state index in [1.165, 1.54) is 31.7 Å². The van der Waals surface area contributed by atoms with Gasteiger partial charge in [0.15, 0.2) is 6.29 Å². The van der Waals surface area contributed by atoms with Crippen LogP contribution in [-0.4, -0.2) is 65.2 Å². The van der Waals surface area contributed by atoms with Crippen LogP contribution >= 0.6 is 20.5 Å². The highest BCUT2D eigenvalue weighted by atomic mass is 35.5. The first-order chi connectivity index (χ1) is 19.5. The molecule has 224 valence electrons. The lowest BCUT2D eigenvalue weighted by atomic mass is 9.64. The third kappa shape index (κ3) is 6.74. The minimum absolute atomic E-state index is 0.0981. The van der Waals surface area contributed by atoms with E-state index in [2.05, 4.69) is 33.3 Å². The number of carbonyl (C=O) groups is 3. The normalized spacial score (nSPS) is 33.9. The van der Waals surface area contributed by atoms with Gasteiger partial charge < -0.3 is 30.7 Å².